The predicted octanol–water partition coefficient (Wildman–Crippen LogP) is 3.96. The SMILES string of the molecule is CCC(C)C(C)(O)c1cccc(C(F)(F)F)c1. The summed E-state index contributed by atoms with van der Waals surface area (Å²) in [5.41, 5.74) is -1.66. The molecule has 0 aliphatic heterocycles. The molecule has 0 amide bonds. The van der Waals surface area contributed by atoms with Crippen LogP contribution in [0.4, 0.5) is 13.2 Å². The van der Waals surface area contributed by atoms with Gasteiger partial charge in [0.25, 0.3) is 0 Å². The number of rotatable bonds is 3. The Labute approximate surface area is 99.3 Å². The van der Waals surface area contributed by atoms with Crippen molar-refractivity contribution >= 4 is 0 Å². The maximum absolute atomic E-state index is 12.6. The third-order valence-corrected chi connectivity index (χ3v) is 3.35. The minimum Gasteiger partial charge on any atom is -0.385 e. The molecule has 1 nitrogen and oxygen atoms in total. The van der Waals surface area contributed by atoms with Gasteiger partial charge in [-0.2, -0.15) is 13.2 Å². The van der Waals surface area contributed by atoms with Crippen LogP contribution in [0.15, 0.2) is 24.3 Å². The highest BCUT2D eigenvalue weighted by Gasteiger charge is 2.34. The first kappa shape index (κ1) is 14.0. The molecule has 0 spiro atoms. The summed E-state index contributed by atoms with van der Waals surface area (Å²) in [5.74, 6) is -0.106. The van der Waals surface area contributed by atoms with Crippen molar-refractivity contribution in [3.05, 3.63) is 35.4 Å². The maximum atomic E-state index is 12.6. The molecule has 0 saturated carbocycles. The molecule has 0 saturated heterocycles. The van der Waals surface area contributed by atoms with Gasteiger partial charge in [-0.3, -0.25) is 0 Å². The highest BCUT2D eigenvalue weighted by molar-refractivity contribution is 5.30. The van der Waals surface area contributed by atoms with Crippen molar-refractivity contribution in [2.24, 2.45) is 5.92 Å². The van der Waals surface area contributed by atoms with Crippen molar-refractivity contribution in [1.29, 1.82) is 0 Å². The quantitative estimate of drug-likeness (QED) is 0.855. The number of hydrogen-bond acceptors (Lipinski definition) is 1. The number of aliphatic hydroxyl groups is 1. The second kappa shape index (κ2) is 4.69. The average Bonchev–Trinajstić information content (AvgIpc) is 2.27. The fourth-order valence-electron chi connectivity index (χ4n) is 1.69. The van der Waals surface area contributed by atoms with Crippen molar-refractivity contribution in [3.63, 3.8) is 0 Å². The van der Waals surface area contributed by atoms with Crippen molar-refractivity contribution < 1.29 is 18.3 Å². The van der Waals surface area contributed by atoms with E-state index in [2.05, 4.69) is 0 Å². The van der Waals surface area contributed by atoms with Gasteiger partial charge in [-0.1, -0.05) is 32.4 Å². The molecular formula is C13H17F3O. The molecule has 1 N–H and O–H groups in total. The van der Waals surface area contributed by atoms with Gasteiger partial charge >= 0.3 is 6.18 Å². The monoisotopic (exact) mass is 246 g/mol. The van der Waals surface area contributed by atoms with Gasteiger partial charge in [0.1, 0.15) is 0 Å². The molecule has 0 aromatic heterocycles. The van der Waals surface area contributed by atoms with Gasteiger partial charge in [0.15, 0.2) is 0 Å². The Balaban J connectivity index is 3.16. The molecule has 0 fully saturated rings. The van der Waals surface area contributed by atoms with Gasteiger partial charge in [0, 0.05) is 0 Å². The molecule has 1 aromatic carbocycles. The van der Waals surface area contributed by atoms with Gasteiger partial charge in [-0.25, -0.2) is 0 Å². The molecule has 1 aromatic rings. The van der Waals surface area contributed by atoms with Crippen molar-refractivity contribution in [1.82, 2.24) is 0 Å². The lowest BCUT2D eigenvalue weighted by molar-refractivity contribution is -0.137. The van der Waals surface area contributed by atoms with Crippen LogP contribution in [0, 0.1) is 5.92 Å². The van der Waals surface area contributed by atoms with Crippen molar-refractivity contribution in [2.75, 3.05) is 0 Å². The number of halogens is 3. The summed E-state index contributed by atoms with van der Waals surface area (Å²) in [6.45, 7) is 5.27. The van der Waals surface area contributed by atoms with Crippen LogP contribution in [0.3, 0.4) is 0 Å². The third kappa shape index (κ3) is 3.00. The molecule has 4 heteroatoms. The summed E-state index contributed by atoms with van der Waals surface area (Å²) in [7, 11) is 0. The van der Waals surface area contributed by atoms with E-state index in [4.69, 9.17) is 0 Å². The van der Waals surface area contributed by atoms with E-state index in [-0.39, 0.29) is 5.92 Å². The largest absolute Gasteiger partial charge is 0.416 e. The summed E-state index contributed by atoms with van der Waals surface area (Å²) in [5, 5.41) is 10.3. The van der Waals surface area contributed by atoms with E-state index >= 15 is 0 Å². The molecule has 17 heavy (non-hydrogen) atoms. The molecule has 0 heterocycles. The zero-order valence-electron chi connectivity index (χ0n) is 10.2. The summed E-state index contributed by atoms with van der Waals surface area (Å²) in [4.78, 5) is 0. The van der Waals surface area contributed by atoms with Crippen LogP contribution in [0.5, 0.6) is 0 Å². The van der Waals surface area contributed by atoms with Crippen LogP contribution < -0.4 is 0 Å². The molecule has 0 radical (unpaired) electrons. The van der Waals surface area contributed by atoms with Gasteiger partial charge in [0.2, 0.25) is 0 Å². The van der Waals surface area contributed by atoms with Crippen LogP contribution in [0.25, 0.3) is 0 Å². The number of alkyl halides is 3. The average molecular weight is 246 g/mol. The number of hydrogen-bond donors (Lipinski definition) is 1. The van der Waals surface area contributed by atoms with E-state index in [1.54, 1.807) is 6.92 Å². The molecule has 1 rings (SSSR count). The Morgan fingerprint density at radius 3 is 2.24 bits per heavy atom. The molecule has 2 unspecified atom stereocenters. The van der Waals surface area contributed by atoms with Crippen LogP contribution >= 0.6 is 0 Å². The molecule has 0 bridgehead atoms. The second-order valence-corrected chi connectivity index (χ2v) is 4.54. The minimum absolute atomic E-state index is 0.106. The second-order valence-electron chi connectivity index (χ2n) is 4.54. The van der Waals surface area contributed by atoms with Crippen molar-refractivity contribution in [2.45, 2.75) is 39.0 Å². The molecular weight excluding hydrogens is 229 g/mol. The standard InChI is InChI=1S/C13H17F3O/c1-4-9(2)12(3,17)10-6-5-7-11(8-10)13(14,15)16/h5-9,17H,4H2,1-3H3. The first-order valence-corrected chi connectivity index (χ1v) is 5.59. The Morgan fingerprint density at radius 2 is 1.76 bits per heavy atom. The van der Waals surface area contributed by atoms with E-state index in [0.29, 0.717) is 12.0 Å². The molecule has 0 aliphatic carbocycles. The first-order valence-electron chi connectivity index (χ1n) is 5.59. The Hall–Kier alpha value is -1.03. The zero-order valence-corrected chi connectivity index (χ0v) is 10.2. The summed E-state index contributed by atoms with van der Waals surface area (Å²) < 4.78 is 37.7. The summed E-state index contributed by atoms with van der Waals surface area (Å²) in [6, 6.07) is 4.89. The van der Waals surface area contributed by atoms with Crippen LogP contribution in [-0.4, -0.2) is 5.11 Å². The van der Waals surface area contributed by atoms with Crippen LogP contribution in [-0.2, 0) is 11.8 Å². The van der Waals surface area contributed by atoms with Crippen molar-refractivity contribution in [3.8, 4) is 0 Å². The van der Waals surface area contributed by atoms with Gasteiger partial charge in [0.05, 0.1) is 11.2 Å². The van der Waals surface area contributed by atoms with Gasteiger partial charge in [-0.05, 0) is 30.5 Å². The predicted molar refractivity (Wildman–Crippen MR) is 60.5 cm³/mol. The van der Waals surface area contributed by atoms with E-state index in [1.807, 2.05) is 13.8 Å². The molecule has 0 aliphatic rings. The topological polar surface area (TPSA) is 20.2 Å². The fraction of sp³-hybridized carbons (Fsp3) is 0.538. The third-order valence-electron chi connectivity index (χ3n) is 3.35. The maximum Gasteiger partial charge on any atom is 0.416 e. The Bertz CT molecular complexity index is 382. The van der Waals surface area contributed by atoms with Crippen LogP contribution in [0.1, 0.15) is 38.3 Å². The highest BCUT2D eigenvalue weighted by Crippen LogP contribution is 2.35. The highest BCUT2D eigenvalue weighted by atomic mass is 19.4. The van der Waals surface area contributed by atoms with E-state index in [1.165, 1.54) is 12.1 Å². The van der Waals surface area contributed by atoms with Gasteiger partial charge in [-0.15, -0.1) is 0 Å². The molecule has 96 valence electrons. The Morgan fingerprint density at radius 1 is 1.24 bits per heavy atom. The number of benzene rings is 1. The van der Waals surface area contributed by atoms with E-state index < -0.39 is 17.3 Å². The minimum atomic E-state index is -4.37. The smallest absolute Gasteiger partial charge is 0.385 e. The van der Waals surface area contributed by atoms with E-state index in [9.17, 15) is 18.3 Å². The summed E-state index contributed by atoms with van der Waals surface area (Å²) >= 11 is 0. The zero-order chi connectivity index (χ0) is 13.3. The van der Waals surface area contributed by atoms with Gasteiger partial charge < -0.3 is 5.11 Å². The molecule has 2 atom stereocenters. The first-order chi connectivity index (χ1) is 7.69. The lowest BCUT2D eigenvalue weighted by Gasteiger charge is -2.30. The summed E-state index contributed by atoms with van der Waals surface area (Å²) in [6.07, 6.45) is -3.68. The lowest BCUT2D eigenvalue weighted by Crippen LogP contribution is -2.29. The van der Waals surface area contributed by atoms with E-state index in [0.717, 1.165) is 12.1 Å². The van der Waals surface area contributed by atoms with Crippen LogP contribution in [0.2, 0.25) is 0 Å². The Kier molecular flexibility index (Phi) is 3.87. The fourth-order valence-corrected chi connectivity index (χ4v) is 1.69. The lowest BCUT2D eigenvalue weighted by atomic mass is 9.82. The normalized spacial score (nSPS) is 17.6.